The van der Waals surface area contributed by atoms with E-state index in [0.29, 0.717) is 12.5 Å². The van der Waals surface area contributed by atoms with E-state index in [2.05, 4.69) is 37.9 Å². The van der Waals surface area contributed by atoms with E-state index < -0.39 is 0 Å². The number of aromatic nitrogens is 2. The summed E-state index contributed by atoms with van der Waals surface area (Å²) < 4.78 is 0.995. The van der Waals surface area contributed by atoms with E-state index in [9.17, 15) is 4.79 Å². The summed E-state index contributed by atoms with van der Waals surface area (Å²) in [7, 11) is 3.52. The Hall–Kier alpha value is -0.920. The quantitative estimate of drug-likeness (QED) is 0.832. The maximum atomic E-state index is 11.4. The minimum Gasteiger partial charge on any atom is -0.359 e. The predicted molar refractivity (Wildman–Crippen MR) is 71.2 cm³/mol. The average molecular weight is 334 g/mol. The number of nitrogens with zero attached hydrogens (tertiary/aromatic N) is 3. The Balaban J connectivity index is 2.61. The molecule has 0 fully saturated rings. The van der Waals surface area contributed by atoms with Gasteiger partial charge in [-0.25, -0.2) is 9.97 Å². The Morgan fingerprint density at radius 1 is 1.56 bits per heavy atom. The third kappa shape index (κ3) is 3.58. The second-order valence-corrected chi connectivity index (χ2v) is 4.84. The summed E-state index contributed by atoms with van der Waals surface area (Å²) in [5, 5.41) is 2.62. The van der Waals surface area contributed by atoms with Crippen LogP contribution in [0.2, 0.25) is 0 Å². The number of hydrogen-bond donors (Lipinski definition) is 1. The van der Waals surface area contributed by atoms with E-state index in [0.717, 1.165) is 3.57 Å². The van der Waals surface area contributed by atoms with Gasteiger partial charge in [0.15, 0.2) is 0 Å². The highest BCUT2D eigenvalue weighted by Crippen LogP contribution is 2.08. The molecule has 0 saturated heterocycles. The lowest BCUT2D eigenvalue weighted by molar-refractivity contribution is -0.123. The second kappa shape index (κ2) is 5.97. The molecule has 6 heteroatoms. The first-order valence-electron chi connectivity index (χ1n) is 4.95. The molecule has 0 saturated carbocycles. The number of hydrogen-bond acceptors (Lipinski definition) is 4. The third-order valence-electron chi connectivity index (χ3n) is 2.19. The molecule has 16 heavy (non-hydrogen) atoms. The molecule has 0 bridgehead atoms. The fourth-order valence-electron chi connectivity index (χ4n) is 1.32. The molecule has 0 aliphatic heterocycles. The molecule has 5 nitrogen and oxygen atoms in total. The van der Waals surface area contributed by atoms with Gasteiger partial charge in [-0.3, -0.25) is 4.79 Å². The maximum absolute atomic E-state index is 11.4. The number of halogens is 1. The van der Waals surface area contributed by atoms with E-state index in [1.807, 2.05) is 18.9 Å². The van der Waals surface area contributed by atoms with E-state index in [4.69, 9.17) is 0 Å². The van der Waals surface area contributed by atoms with Crippen LogP contribution in [0.5, 0.6) is 0 Å². The van der Waals surface area contributed by atoms with Crippen LogP contribution in [0.4, 0.5) is 5.95 Å². The fraction of sp³-hybridized carbons (Fsp3) is 0.500. The molecule has 1 aromatic rings. The van der Waals surface area contributed by atoms with E-state index >= 15 is 0 Å². The first kappa shape index (κ1) is 13.1. The molecule has 0 aliphatic rings. The van der Waals surface area contributed by atoms with Crippen LogP contribution in [0.3, 0.4) is 0 Å². The molecule has 0 aliphatic carbocycles. The van der Waals surface area contributed by atoms with Crippen LogP contribution in [0, 0.1) is 9.49 Å². The number of anilines is 1. The highest BCUT2D eigenvalue weighted by Gasteiger charge is 2.14. The predicted octanol–water partition coefficient (Wildman–Crippen LogP) is 0.899. The van der Waals surface area contributed by atoms with Crippen molar-refractivity contribution < 1.29 is 4.79 Å². The Kier molecular flexibility index (Phi) is 4.91. The smallest absolute Gasteiger partial charge is 0.225 e. The molecule has 0 aromatic carbocycles. The van der Waals surface area contributed by atoms with Crippen LogP contribution in [0.15, 0.2) is 12.4 Å². The van der Waals surface area contributed by atoms with Crippen molar-refractivity contribution in [2.24, 2.45) is 5.92 Å². The lowest BCUT2D eigenvalue weighted by Crippen LogP contribution is -2.35. The first-order valence-corrected chi connectivity index (χ1v) is 6.02. The summed E-state index contributed by atoms with van der Waals surface area (Å²) in [5.41, 5.74) is 0. The maximum Gasteiger partial charge on any atom is 0.225 e. The van der Waals surface area contributed by atoms with E-state index in [-0.39, 0.29) is 11.8 Å². The van der Waals surface area contributed by atoms with Crippen LogP contribution in [-0.2, 0) is 4.79 Å². The van der Waals surface area contributed by atoms with Crippen LogP contribution in [0.25, 0.3) is 0 Å². The molecule has 1 amide bonds. The molecule has 88 valence electrons. The lowest BCUT2D eigenvalue weighted by atomic mass is 10.1. The number of amides is 1. The van der Waals surface area contributed by atoms with Crippen molar-refractivity contribution in [1.29, 1.82) is 0 Å². The number of carbonyl (C=O) groups is 1. The standard InChI is InChI=1S/C10H15IN4O/c1-7(9(16)12-2)6-15(3)10-13-4-8(11)5-14-10/h4-5,7H,6H2,1-3H3,(H,12,16). The third-order valence-corrected chi connectivity index (χ3v) is 2.75. The van der Waals surface area contributed by atoms with Gasteiger partial charge in [0.25, 0.3) is 0 Å². The summed E-state index contributed by atoms with van der Waals surface area (Å²) in [6.45, 7) is 2.47. The average Bonchev–Trinajstić information content (AvgIpc) is 2.28. The first-order chi connectivity index (χ1) is 7.54. The zero-order valence-electron chi connectivity index (χ0n) is 9.57. The minimum atomic E-state index is -0.0853. The zero-order valence-corrected chi connectivity index (χ0v) is 11.7. The molecule has 1 atom stereocenters. The second-order valence-electron chi connectivity index (χ2n) is 3.60. The van der Waals surface area contributed by atoms with Gasteiger partial charge in [-0.1, -0.05) is 6.92 Å². The number of carbonyl (C=O) groups excluding carboxylic acids is 1. The Bertz CT molecular complexity index is 354. The summed E-state index contributed by atoms with van der Waals surface area (Å²) in [4.78, 5) is 21.6. The van der Waals surface area contributed by atoms with Crippen molar-refractivity contribution in [3.8, 4) is 0 Å². The lowest BCUT2D eigenvalue weighted by Gasteiger charge is -2.20. The van der Waals surface area contributed by atoms with Crippen molar-refractivity contribution in [3.63, 3.8) is 0 Å². The van der Waals surface area contributed by atoms with Gasteiger partial charge in [-0.15, -0.1) is 0 Å². The Morgan fingerprint density at radius 3 is 2.62 bits per heavy atom. The molecule has 1 N–H and O–H groups in total. The van der Waals surface area contributed by atoms with Crippen molar-refractivity contribution in [2.75, 3.05) is 25.5 Å². The normalized spacial score (nSPS) is 12.0. The Labute approximate surface area is 109 Å². The molecule has 0 radical (unpaired) electrons. The molecule has 1 rings (SSSR count). The van der Waals surface area contributed by atoms with E-state index in [1.54, 1.807) is 19.4 Å². The summed E-state index contributed by atoms with van der Waals surface area (Å²) in [6.07, 6.45) is 3.51. The molecular formula is C10H15IN4O. The monoisotopic (exact) mass is 334 g/mol. The summed E-state index contributed by atoms with van der Waals surface area (Å²) in [5.74, 6) is 0.575. The minimum absolute atomic E-state index is 0.0253. The molecule has 1 aromatic heterocycles. The SMILES string of the molecule is CNC(=O)C(C)CN(C)c1ncc(I)cn1. The zero-order chi connectivity index (χ0) is 12.1. The van der Waals surface area contributed by atoms with Crippen molar-refractivity contribution in [2.45, 2.75) is 6.92 Å². The highest BCUT2D eigenvalue weighted by molar-refractivity contribution is 14.1. The Morgan fingerprint density at radius 2 is 2.12 bits per heavy atom. The van der Waals surface area contributed by atoms with Crippen LogP contribution >= 0.6 is 22.6 Å². The van der Waals surface area contributed by atoms with Gasteiger partial charge in [0, 0.05) is 36.6 Å². The number of nitrogens with one attached hydrogen (secondary N) is 1. The molecular weight excluding hydrogens is 319 g/mol. The fourth-order valence-corrected chi connectivity index (χ4v) is 1.60. The van der Waals surface area contributed by atoms with Crippen LogP contribution < -0.4 is 10.2 Å². The van der Waals surface area contributed by atoms with Gasteiger partial charge in [-0.05, 0) is 22.6 Å². The summed E-state index contributed by atoms with van der Waals surface area (Å²) >= 11 is 2.15. The van der Waals surface area contributed by atoms with Gasteiger partial charge < -0.3 is 10.2 Å². The molecule has 1 unspecified atom stereocenters. The van der Waals surface area contributed by atoms with Gasteiger partial charge in [0.2, 0.25) is 11.9 Å². The molecule has 1 heterocycles. The van der Waals surface area contributed by atoms with Gasteiger partial charge >= 0.3 is 0 Å². The summed E-state index contributed by atoms with van der Waals surface area (Å²) in [6, 6.07) is 0. The van der Waals surface area contributed by atoms with Crippen molar-refractivity contribution in [3.05, 3.63) is 16.0 Å². The van der Waals surface area contributed by atoms with Crippen LogP contribution in [0.1, 0.15) is 6.92 Å². The van der Waals surface area contributed by atoms with Gasteiger partial charge in [-0.2, -0.15) is 0 Å². The van der Waals surface area contributed by atoms with Gasteiger partial charge in [0.05, 0.1) is 5.92 Å². The van der Waals surface area contributed by atoms with Crippen molar-refractivity contribution >= 4 is 34.4 Å². The largest absolute Gasteiger partial charge is 0.359 e. The number of rotatable bonds is 4. The van der Waals surface area contributed by atoms with Crippen LogP contribution in [-0.4, -0.2) is 36.5 Å². The van der Waals surface area contributed by atoms with Gasteiger partial charge in [0.1, 0.15) is 0 Å². The topological polar surface area (TPSA) is 58.1 Å². The van der Waals surface area contributed by atoms with E-state index in [1.165, 1.54) is 0 Å². The van der Waals surface area contributed by atoms with Crippen molar-refractivity contribution in [1.82, 2.24) is 15.3 Å². The molecule has 0 spiro atoms. The highest BCUT2D eigenvalue weighted by atomic mass is 127.